The lowest BCUT2D eigenvalue weighted by atomic mass is 10.1. The summed E-state index contributed by atoms with van der Waals surface area (Å²) in [6.07, 6.45) is -0.890. The summed E-state index contributed by atoms with van der Waals surface area (Å²) in [7, 11) is 0. The average Bonchev–Trinajstić information content (AvgIpc) is 2.15. The number of fused-ring (bicyclic) bond motifs is 1. The quantitative estimate of drug-likeness (QED) is 0.788. The predicted octanol–water partition coefficient (Wildman–Crippen LogP) is 1.56. The van der Waals surface area contributed by atoms with Gasteiger partial charge in [0, 0.05) is 0 Å². The van der Waals surface area contributed by atoms with E-state index in [9.17, 15) is 9.59 Å². The van der Waals surface area contributed by atoms with Gasteiger partial charge in [-0.25, -0.2) is 9.59 Å². The van der Waals surface area contributed by atoms with Gasteiger partial charge in [-0.2, -0.15) is 0 Å². The van der Waals surface area contributed by atoms with Gasteiger partial charge in [-0.05, 0) is 36.6 Å². The third-order valence-corrected chi connectivity index (χ3v) is 2.07. The van der Waals surface area contributed by atoms with Gasteiger partial charge in [0.15, 0.2) is 0 Å². The minimum Gasteiger partial charge on any atom is -0.428 e. The summed E-state index contributed by atoms with van der Waals surface area (Å²) in [5.41, 5.74) is 4.47. The third kappa shape index (κ3) is 1.88. The number of aryl methyl sites for hydroxylation is 1. The first-order valence-electron chi connectivity index (χ1n) is 4.58. The number of carbonyl (C=O) groups excluding carboxylic acids is 1. The van der Waals surface area contributed by atoms with Gasteiger partial charge < -0.3 is 14.9 Å². The Kier molecular flexibility index (Phi) is 2.36. The second-order valence-electron chi connectivity index (χ2n) is 3.31. The maximum absolute atomic E-state index is 11.4. The SMILES string of the molecule is Cc1cc2cc(OC(N)=O)ccc2c(=O)o1. The molecule has 0 fully saturated rings. The lowest BCUT2D eigenvalue weighted by Crippen LogP contribution is -2.16. The predicted molar refractivity (Wildman–Crippen MR) is 57.4 cm³/mol. The highest BCUT2D eigenvalue weighted by atomic mass is 16.5. The third-order valence-electron chi connectivity index (χ3n) is 2.07. The molecule has 82 valence electrons. The molecule has 0 aliphatic heterocycles. The summed E-state index contributed by atoms with van der Waals surface area (Å²) in [6.45, 7) is 1.67. The highest BCUT2D eigenvalue weighted by molar-refractivity contribution is 5.83. The Morgan fingerprint density at radius 1 is 1.38 bits per heavy atom. The van der Waals surface area contributed by atoms with E-state index in [2.05, 4.69) is 0 Å². The molecule has 0 unspecified atom stereocenters. The van der Waals surface area contributed by atoms with Crippen LogP contribution in [-0.2, 0) is 0 Å². The van der Waals surface area contributed by atoms with E-state index in [1.807, 2.05) is 0 Å². The van der Waals surface area contributed by atoms with E-state index in [0.717, 1.165) is 0 Å². The fourth-order valence-electron chi connectivity index (χ4n) is 1.48. The van der Waals surface area contributed by atoms with Crippen molar-refractivity contribution in [3.05, 3.63) is 40.4 Å². The van der Waals surface area contributed by atoms with Crippen LogP contribution in [0, 0.1) is 6.92 Å². The fraction of sp³-hybridized carbons (Fsp3) is 0.0909. The molecule has 2 rings (SSSR count). The molecule has 1 heterocycles. The Morgan fingerprint density at radius 3 is 2.81 bits per heavy atom. The van der Waals surface area contributed by atoms with E-state index in [1.165, 1.54) is 12.1 Å². The first kappa shape index (κ1) is 10.2. The Bertz CT molecular complexity index is 615. The van der Waals surface area contributed by atoms with Gasteiger partial charge in [-0.3, -0.25) is 0 Å². The highest BCUT2D eigenvalue weighted by Crippen LogP contribution is 2.19. The molecule has 16 heavy (non-hydrogen) atoms. The molecule has 0 bridgehead atoms. The smallest absolute Gasteiger partial charge is 0.409 e. The summed E-state index contributed by atoms with van der Waals surface area (Å²) >= 11 is 0. The van der Waals surface area contributed by atoms with Gasteiger partial charge in [-0.15, -0.1) is 0 Å². The van der Waals surface area contributed by atoms with Gasteiger partial charge in [0.2, 0.25) is 0 Å². The van der Waals surface area contributed by atoms with Crippen molar-refractivity contribution in [1.29, 1.82) is 0 Å². The number of primary amides is 1. The van der Waals surface area contributed by atoms with Crippen molar-refractivity contribution in [2.45, 2.75) is 6.92 Å². The standard InChI is InChI=1S/C11H9NO4/c1-6-4-7-5-8(16-11(12)14)2-3-9(7)10(13)15-6/h2-5H,1H3,(H2,12,14). The van der Waals surface area contributed by atoms with E-state index in [1.54, 1.807) is 19.1 Å². The number of hydrogen-bond donors (Lipinski definition) is 1. The summed E-state index contributed by atoms with van der Waals surface area (Å²) in [5, 5.41) is 1.08. The van der Waals surface area contributed by atoms with Crippen LogP contribution in [0.25, 0.3) is 10.8 Å². The lowest BCUT2D eigenvalue weighted by Gasteiger charge is -2.02. The molecule has 0 spiro atoms. The molecule has 0 radical (unpaired) electrons. The molecular formula is C11H9NO4. The van der Waals surface area contributed by atoms with Crippen molar-refractivity contribution in [3.63, 3.8) is 0 Å². The molecule has 5 heteroatoms. The number of ether oxygens (including phenoxy) is 1. The van der Waals surface area contributed by atoms with Crippen molar-refractivity contribution in [2.24, 2.45) is 5.73 Å². The number of nitrogens with two attached hydrogens (primary N) is 1. The summed E-state index contributed by atoms with van der Waals surface area (Å²) in [6, 6.07) is 6.26. The van der Waals surface area contributed by atoms with Crippen LogP contribution >= 0.6 is 0 Å². The molecule has 1 aromatic heterocycles. The van der Waals surface area contributed by atoms with Crippen LogP contribution in [0.3, 0.4) is 0 Å². The normalized spacial score (nSPS) is 10.3. The van der Waals surface area contributed by atoms with Crippen molar-refractivity contribution in [3.8, 4) is 5.75 Å². The van der Waals surface area contributed by atoms with Crippen LogP contribution in [0.5, 0.6) is 5.75 Å². The van der Waals surface area contributed by atoms with Gasteiger partial charge >= 0.3 is 11.7 Å². The monoisotopic (exact) mass is 219 g/mol. The Morgan fingerprint density at radius 2 is 2.12 bits per heavy atom. The summed E-state index contributed by atoms with van der Waals surface area (Å²) in [5.74, 6) is 0.790. The maximum atomic E-state index is 11.4. The van der Waals surface area contributed by atoms with Gasteiger partial charge in [0.25, 0.3) is 0 Å². The minimum atomic E-state index is -0.890. The second kappa shape index (κ2) is 3.69. The lowest BCUT2D eigenvalue weighted by molar-refractivity contribution is 0.211. The molecular weight excluding hydrogens is 210 g/mol. The van der Waals surface area contributed by atoms with Crippen LogP contribution in [0.2, 0.25) is 0 Å². The van der Waals surface area contributed by atoms with Crippen LogP contribution < -0.4 is 16.1 Å². The van der Waals surface area contributed by atoms with Crippen LogP contribution in [0.4, 0.5) is 4.79 Å². The van der Waals surface area contributed by atoms with Crippen molar-refractivity contribution < 1.29 is 13.9 Å². The van der Waals surface area contributed by atoms with E-state index in [4.69, 9.17) is 14.9 Å². The summed E-state index contributed by atoms with van der Waals surface area (Å²) in [4.78, 5) is 22.0. The van der Waals surface area contributed by atoms with E-state index in [0.29, 0.717) is 22.3 Å². The molecule has 0 atom stereocenters. The molecule has 2 aromatic rings. The number of rotatable bonds is 1. The maximum Gasteiger partial charge on any atom is 0.409 e. The second-order valence-corrected chi connectivity index (χ2v) is 3.31. The van der Waals surface area contributed by atoms with E-state index < -0.39 is 11.7 Å². The topological polar surface area (TPSA) is 82.5 Å². The summed E-state index contributed by atoms with van der Waals surface area (Å²) < 4.78 is 9.63. The Balaban J connectivity index is 2.61. The molecule has 1 aromatic carbocycles. The number of carbonyl (C=O) groups is 1. The van der Waals surface area contributed by atoms with E-state index >= 15 is 0 Å². The zero-order valence-corrected chi connectivity index (χ0v) is 8.52. The van der Waals surface area contributed by atoms with Crippen LogP contribution in [0.15, 0.2) is 33.5 Å². The Hall–Kier alpha value is -2.30. The molecule has 5 nitrogen and oxygen atoms in total. The van der Waals surface area contributed by atoms with Gasteiger partial charge in [-0.1, -0.05) is 0 Å². The van der Waals surface area contributed by atoms with Crippen molar-refractivity contribution >= 4 is 16.9 Å². The molecule has 0 aliphatic rings. The first-order chi connectivity index (χ1) is 7.56. The zero-order valence-electron chi connectivity index (χ0n) is 8.52. The Labute approximate surface area is 90.4 Å². The van der Waals surface area contributed by atoms with Crippen LogP contribution in [-0.4, -0.2) is 6.09 Å². The molecule has 2 N–H and O–H groups in total. The number of benzene rings is 1. The first-order valence-corrected chi connectivity index (χ1v) is 4.58. The fourth-order valence-corrected chi connectivity index (χ4v) is 1.48. The molecule has 0 saturated heterocycles. The van der Waals surface area contributed by atoms with Crippen molar-refractivity contribution in [2.75, 3.05) is 0 Å². The average molecular weight is 219 g/mol. The molecule has 1 amide bonds. The number of hydrogen-bond acceptors (Lipinski definition) is 4. The minimum absolute atomic E-state index is 0.296. The van der Waals surface area contributed by atoms with E-state index in [-0.39, 0.29) is 0 Å². The largest absolute Gasteiger partial charge is 0.428 e. The van der Waals surface area contributed by atoms with Crippen LogP contribution in [0.1, 0.15) is 5.76 Å². The molecule has 0 saturated carbocycles. The van der Waals surface area contributed by atoms with Gasteiger partial charge in [0.05, 0.1) is 5.39 Å². The number of amides is 1. The van der Waals surface area contributed by atoms with Crippen molar-refractivity contribution in [1.82, 2.24) is 0 Å². The zero-order chi connectivity index (χ0) is 11.7. The highest BCUT2D eigenvalue weighted by Gasteiger charge is 2.05. The van der Waals surface area contributed by atoms with Gasteiger partial charge in [0.1, 0.15) is 11.5 Å². The molecule has 0 aliphatic carbocycles.